The van der Waals surface area contributed by atoms with Crippen LogP contribution in [0.3, 0.4) is 0 Å². The van der Waals surface area contributed by atoms with Crippen molar-refractivity contribution in [2.24, 2.45) is 0 Å². The van der Waals surface area contributed by atoms with Crippen molar-refractivity contribution >= 4 is 54.3 Å². The first-order valence-corrected chi connectivity index (χ1v) is 15.2. The summed E-state index contributed by atoms with van der Waals surface area (Å²) in [6.45, 7) is 0. The molecule has 0 bridgehead atoms. The smallest absolute Gasteiger partial charge is 0.135 e. The molecule has 0 amide bonds. The quantitative estimate of drug-likeness (QED) is 0.195. The Labute approximate surface area is 255 Å². The monoisotopic (exact) mass is 560 g/mol. The predicted octanol–water partition coefficient (Wildman–Crippen LogP) is 12.0. The van der Waals surface area contributed by atoms with Gasteiger partial charge in [0.25, 0.3) is 0 Å². The standard InChI is InChI=1S/C43H28O/c1-3-16-32-28(12-1)14-11-15-29(32)26-30-13-2-4-17-33(30)43-37-21-7-5-19-35(37)42(36-20-6-8-22-38(36)43)31-24-25-41-39(27-31)34-18-9-10-23-40(34)44-41/h1-25,27H,26H2. The van der Waals surface area contributed by atoms with Crippen LogP contribution in [0.2, 0.25) is 0 Å². The predicted molar refractivity (Wildman–Crippen MR) is 186 cm³/mol. The maximum Gasteiger partial charge on any atom is 0.135 e. The molecule has 0 spiro atoms. The molecule has 0 unspecified atom stereocenters. The highest BCUT2D eigenvalue weighted by atomic mass is 16.3. The van der Waals surface area contributed by atoms with Gasteiger partial charge in [-0.1, -0.05) is 140 Å². The second-order valence-corrected chi connectivity index (χ2v) is 11.6. The van der Waals surface area contributed by atoms with Crippen LogP contribution in [-0.2, 0) is 6.42 Å². The highest BCUT2D eigenvalue weighted by Gasteiger charge is 2.19. The van der Waals surface area contributed by atoms with Crippen LogP contribution in [0.4, 0.5) is 0 Å². The molecule has 0 aliphatic rings. The highest BCUT2D eigenvalue weighted by molar-refractivity contribution is 6.22. The summed E-state index contributed by atoms with van der Waals surface area (Å²) >= 11 is 0. The Morgan fingerprint density at radius 3 is 1.68 bits per heavy atom. The van der Waals surface area contributed by atoms with Crippen LogP contribution < -0.4 is 0 Å². The number of furan rings is 1. The van der Waals surface area contributed by atoms with Gasteiger partial charge in [-0.2, -0.15) is 0 Å². The van der Waals surface area contributed by atoms with Gasteiger partial charge in [0.15, 0.2) is 0 Å². The fourth-order valence-electron chi connectivity index (χ4n) is 7.18. The summed E-state index contributed by atoms with van der Waals surface area (Å²) in [5.74, 6) is 0. The van der Waals surface area contributed by atoms with E-state index in [0.717, 1.165) is 28.4 Å². The van der Waals surface area contributed by atoms with E-state index in [2.05, 4.69) is 146 Å². The number of benzene rings is 8. The number of fused-ring (bicyclic) bond motifs is 6. The zero-order valence-corrected chi connectivity index (χ0v) is 24.1. The summed E-state index contributed by atoms with van der Waals surface area (Å²) in [4.78, 5) is 0. The highest BCUT2D eigenvalue weighted by Crippen LogP contribution is 2.45. The normalized spacial score (nSPS) is 11.7. The van der Waals surface area contributed by atoms with Gasteiger partial charge in [0.1, 0.15) is 11.2 Å². The molecular weight excluding hydrogens is 532 g/mol. The van der Waals surface area contributed by atoms with Crippen LogP contribution in [0, 0.1) is 0 Å². The molecule has 0 radical (unpaired) electrons. The molecule has 44 heavy (non-hydrogen) atoms. The van der Waals surface area contributed by atoms with Gasteiger partial charge in [-0.05, 0) is 90.3 Å². The van der Waals surface area contributed by atoms with E-state index < -0.39 is 0 Å². The van der Waals surface area contributed by atoms with Crippen LogP contribution in [0.1, 0.15) is 11.1 Å². The second kappa shape index (κ2) is 9.97. The van der Waals surface area contributed by atoms with Gasteiger partial charge in [-0.15, -0.1) is 0 Å². The lowest BCUT2D eigenvalue weighted by molar-refractivity contribution is 0.669. The van der Waals surface area contributed by atoms with E-state index in [-0.39, 0.29) is 0 Å². The molecule has 1 aromatic heterocycles. The van der Waals surface area contributed by atoms with E-state index in [4.69, 9.17) is 4.42 Å². The summed E-state index contributed by atoms with van der Waals surface area (Å²) < 4.78 is 6.18. The summed E-state index contributed by atoms with van der Waals surface area (Å²) in [5.41, 5.74) is 9.57. The van der Waals surface area contributed by atoms with Crippen molar-refractivity contribution in [2.45, 2.75) is 6.42 Å². The molecule has 1 heteroatoms. The lowest BCUT2D eigenvalue weighted by Crippen LogP contribution is -1.96. The van der Waals surface area contributed by atoms with Crippen LogP contribution in [-0.4, -0.2) is 0 Å². The molecular formula is C43H28O. The minimum Gasteiger partial charge on any atom is -0.456 e. The molecule has 1 nitrogen and oxygen atoms in total. The third-order valence-electron chi connectivity index (χ3n) is 9.14. The molecule has 1 heterocycles. The number of rotatable bonds is 4. The van der Waals surface area contributed by atoms with Gasteiger partial charge < -0.3 is 4.42 Å². The van der Waals surface area contributed by atoms with Gasteiger partial charge in [-0.3, -0.25) is 0 Å². The van der Waals surface area contributed by atoms with Gasteiger partial charge in [-0.25, -0.2) is 0 Å². The molecule has 0 fully saturated rings. The topological polar surface area (TPSA) is 13.1 Å². The molecule has 0 saturated carbocycles. The van der Waals surface area contributed by atoms with Gasteiger partial charge >= 0.3 is 0 Å². The fraction of sp³-hybridized carbons (Fsp3) is 0.0233. The Morgan fingerprint density at radius 2 is 0.909 bits per heavy atom. The Kier molecular flexibility index (Phi) is 5.64. The Balaban J connectivity index is 1.31. The van der Waals surface area contributed by atoms with Gasteiger partial charge in [0.2, 0.25) is 0 Å². The van der Waals surface area contributed by atoms with Crippen LogP contribution >= 0.6 is 0 Å². The van der Waals surface area contributed by atoms with Crippen molar-refractivity contribution in [2.75, 3.05) is 0 Å². The Hall–Kier alpha value is -5.66. The average Bonchev–Trinajstić information content (AvgIpc) is 3.46. The maximum absolute atomic E-state index is 6.18. The Morgan fingerprint density at radius 1 is 0.364 bits per heavy atom. The van der Waals surface area contributed by atoms with Crippen molar-refractivity contribution in [1.82, 2.24) is 0 Å². The summed E-state index contributed by atoms with van der Waals surface area (Å²) in [6.07, 6.45) is 0.867. The molecule has 0 aliphatic heterocycles. The summed E-state index contributed by atoms with van der Waals surface area (Å²) in [5, 5.41) is 9.95. The van der Waals surface area contributed by atoms with Crippen molar-refractivity contribution in [1.29, 1.82) is 0 Å². The van der Waals surface area contributed by atoms with Crippen molar-refractivity contribution in [3.8, 4) is 22.3 Å². The maximum atomic E-state index is 6.18. The molecule has 9 rings (SSSR count). The summed E-state index contributed by atoms with van der Waals surface area (Å²) in [7, 11) is 0. The zero-order chi connectivity index (χ0) is 29.0. The largest absolute Gasteiger partial charge is 0.456 e. The van der Waals surface area contributed by atoms with E-state index in [1.54, 1.807) is 0 Å². The molecule has 206 valence electrons. The minimum absolute atomic E-state index is 0.867. The molecule has 9 aromatic rings. The lowest BCUT2D eigenvalue weighted by atomic mass is 9.83. The van der Waals surface area contributed by atoms with Gasteiger partial charge in [0.05, 0.1) is 0 Å². The first kappa shape index (κ1) is 24.9. The SMILES string of the molecule is c1ccc(-c2c3ccccc3c(-c3ccc4oc5ccccc5c4c3)c3ccccc23)c(Cc2cccc3ccccc23)c1. The first-order valence-electron chi connectivity index (χ1n) is 15.2. The third kappa shape index (κ3) is 3.87. The van der Waals surface area contributed by atoms with Crippen LogP contribution in [0.25, 0.3) is 76.5 Å². The number of hydrogen-bond donors (Lipinski definition) is 0. The fourth-order valence-corrected chi connectivity index (χ4v) is 7.18. The van der Waals surface area contributed by atoms with Crippen molar-refractivity contribution in [3.05, 3.63) is 169 Å². The minimum atomic E-state index is 0.867. The second-order valence-electron chi connectivity index (χ2n) is 11.6. The molecule has 0 aliphatic carbocycles. The van der Waals surface area contributed by atoms with E-state index in [1.165, 1.54) is 65.7 Å². The third-order valence-corrected chi connectivity index (χ3v) is 9.14. The average molecular weight is 561 g/mol. The first-order chi connectivity index (χ1) is 21.8. The molecule has 0 saturated heterocycles. The van der Waals surface area contributed by atoms with E-state index in [1.807, 2.05) is 12.1 Å². The lowest BCUT2D eigenvalue weighted by Gasteiger charge is -2.20. The van der Waals surface area contributed by atoms with Gasteiger partial charge in [0, 0.05) is 10.8 Å². The Bertz CT molecular complexity index is 2470. The van der Waals surface area contributed by atoms with E-state index in [0.29, 0.717) is 0 Å². The van der Waals surface area contributed by atoms with E-state index in [9.17, 15) is 0 Å². The number of para-hydroxylation sites is 1. The van der Waals surface area contributed by atoms with Crippen molar-refractivity contribution in [3.63, 3.8) is 0 Å². The van der Waals surface area contributed by atoms with E-state index >= 15 is 0 Å². The summed E-state index contributed by atoms with van der Waals surface area (Å²) in [6, 6.07) is 57.1. The molecule has 0 atom stereocenters. The molecule has 0 N–H and O–H groups in total. The molecule has 8 aromatic carbocycles. The number of hydrogen-bond acceptors (Lipinski definition) is 1. The zero-order valence-electron chi connectivity index (χ0n) is 24.1. The van der Waals surface area contributed by atoms with Crippen LogP contribution in [0.15, 0.2) is 162 Å². The van der Waals surface area contributed by atoms with Crippen LogP contribution in [0.5, 0.6) is 0 Å². The van der Waals surface area contributed by atoms with Crippen molar-refractivity contribution < 1.29 is 4.42 Å².